The fourth-order valence-corrected chi connectivity index (χ4v) is 4.52. The molecule has 31 heavy (non-hydrogen) atoms. The second-order valence-corrected chi connectivity index (χ2v) is 8.30. The minimum atomic E-state index is -0.982. The molecular formula is C20H38N2O9. The number of nitrogens with two attached hydrogens (primary N) is 1. The van der Waals surface area contributed by atoms with E-state index in [2.05, 4.69) is 5.32 Å². The fourth-order valence-electron chi connectivity index (χ4n) is 4.52. The summed E-state index contributed by atoms with van der Waals surface area (Å²) in [5.74, 6) is -1.24. The van der Waals surface area contributed by atoms with Crippen LogP contribution in [0.4, 0.5) is 0 Å². The van der Waals surface area contributed by atoms with Crippen molar-refractivity contribution in [1.29, 1.82) is 0 Å². The standard InChI is InChI=1S/C20H38N2O9/c1-4-11-13(5-23)31-16(18(20(11)27)22-10(2)25)9-29-7-12-14(6-24)30-15(8-28-3)17(21)19(12)26/h11-20,23-24,26-27H,4-9,21H2,1-3H3,(H,22,25). The highest BCUT2D eigenvalue weighted by molar-refractivity contribution is 5.73. The van der Waals surface area contributed by atoms with Gasteiger partial charge >= 0.3 is 0 Å². The topological polar surface area (TPSA) is 173 Å². The monoisotopic (exact) mass is 450 g/mol. The van der Waals surface area contributed by atoms with Crippen LogP contribution >= 0.6 is 0 Å². The van der Waals surface area contributed by atoms with Gasteiger partial charge in [-0.15, -0.1) is 0 Å². The molecule has 10 atom stereocenters. The first kappa shape index (κ1) is 26.4. The number of rotatable bonds is 10. The molecule has 2 heterocycles. The van der Waals surface area contributed by atoms with Gasteiger partial charge < -0.3 is 50.4 Å². The molecule has 0 aliphatic carbocycles. The Morgan fingerprint density at radius 3 is 2.13 bits per heavy atom. The van der Waals surface area contributed by atoms with Gasteiger partial charge in [0.05, 0.1) is 75.6 Å². The second kappa shape index (κ2) is 12.4. The van der Waals surface area contributed by atoms with Crippen molar-refractivity contribution < 1.29 is 44.2 Å². The number of hydrogen-bond acceptors (Lipinski definition) is 10. The van der Waals surface area contributed by atoms with Crippen molar-refractivity contribution in [3.8, 4) is 0 Å². The number of ether oxygens (including phenoxy) is 4. The molecule has 7 N–H and O–H groups in total. The lowest BCUT2D eigenvalue weighted by Gasteiger charge is -2.45. The molecule has 0 spiro atoms. The molecule has 11 heteroatoms. The minimum Gasteiger partial charge on any atom is -0.394 e. The Labute approximate surface area is 182 Å². The largest absolute Gasteiger partial charge is 0.394 e. The SMILES string of the molecule is CCC1C(CO)OC(COCC2C(CO)OC(COC)C(N)C2O)C(NC(C)=O)C1O. The molecule has 2 rings (SSSR count). The summed E-state index contributed by atoms with van der Waals surface area (Å²) in [6.07, 6.45) is -3.85. The molecule has 0 aromatic heterocycles. The summed E-state index contributed by atoms with van der Waals surface area (Å²) >= 11 is 0. The van der Waals surface area contributed by atoms with Crippen LogP contribution in [-0.4, -0.2) is 115 Å². The molecule has 2 fully saturated rings. The third kappa shape index (κ3) is 6.34. The van der Waals surface area contributed by atoms with Crippen LogP contribution in [0, 0.1) is 11.8 Å². The number of amides is 1. The van der Waals surface area contributed by atoms with Gasteiger partial charge in [-0.05, 0) is 6.42 Å². The molecule has 1 amide bonds. The molecule has 0 bridgehead atoms. The molecule has 11 nitrogen and oxygen atoms in total. The van der Waals surface area contributed by atoms with E-state index in [9.17, 15) is 25.2 Å². The first-order chi connectivity index (χ1) is 14.8. The number of hydrogen-bond donors (Lipinski definition) is 6. The molecule has 2 saturated heterocycles. The van der Waals surface area contributed by atoms with Crippen molar-refractivity contribution in [3.05, 3.63) is 0 Å². The number of nitrogens with one attached hydrogen (secondary N) is 1. The average molecular weight is 451 g/mol. The molecule has 0 saturated carbocycles. The summed E-state index contributed by atoms with van der Waals surface area (Å²) in [6.45, 7) is 2.84. The molecule has 2 aliphatic heterocycles. The van der Waals surface area contributed by atoms with Gasteiger partial charge in [-0.2, -0.15) is 0 Å². The van der Waals surface area contributed by atoms with Crippen molar-refractivity contribution in [2.45, 2.75) is 69.0 Å². The normalized spacial score (nSPS) is 41.2. The summed E-state index contributed by atoms with van der Waals surface area (Å²) in [5, 5.41) is 43.4. The smallest absolute Gasteiger partial charge is 0.217 e. The van der Waals surface area contributed by atoms with Crippen LogP contribution in [0.15, 0.2) is 0 Å². The fraction of sp³-hybridized carbons (Fsp3) is 0.950. The molecule has 0 aromatic carbocycles. The van der Waals surface area contributed by atoms with E-state index in [1.54, 1.807) is 0 Å². The van der Waals surface area contributed by atoms with Crippen LogP contribution in [0.5, 0.6) is 0 Å². The van der Waals surface area contributed by atoms with Crippen LogP contribution in [0.25, 0.3) is 0 Å². The number of aliphatic hydroxyl groups is 4. The maximum Gasteiger partial charge on any atom is 0.217 e. The molecule has 0 radical (unpaired) electrons. The Kier molecular flexibility index (Phi) is 10.5. The highest BCUT2D eigenvalue weighted by Crippen LogP contribution is 2.30. The van der Waals surface area contributed by atoms with Gasteiger partial charge in [0.2, 0.25) is 5.91 Å². The van der Waals surface area contributed by atoms with E-state index < -0.39 is 54.6 Å². The van der Waals surface area contributed by atoms with Gasteiger partial charge in [-0.3, -0.25) is 4.79 Å². The summed E-state index contributed by atoms with van der Waals surface area (Å²) in [5.41, 5.74) is 6.07. The summed E-state index contributed by atoms with van der Waals surface area (Å²) in [4.78, 5) is 11.6. The minimum absolute atomic E-state index is 0.00690. The van der Waals surface area contributed by atoms with Crippen LogP contribution in [0.1, 0.15) is 20.3 Å². The Balaban J connectivity index is 2.03. The Morgan fingerprint density at radius 1 is 0.968 bits per heavy atom. The van der Waals surface area contributed by atoms with E-state index in [-0.39, 0.29) is 44.9 Å². The zero-order valence-corrected chi connectivity index (χ0v) is 18.4. The van der Waals surface area contributed by atoms with E-state index in [4.69, 9.17) is 24.7 Å². The Morgan fingerprint density at radius 2 is 1.58 bits per heavy atom. The van der Waals surface area contributed by atoms with Gasteiger partial charge in [0.25, 0.3) is 0 Å². The summed E-state index contributed by atoms with van der Waals surface area (Å²) in [6, 6.07) is -1.42. The van der Waals surface area contributed by atoms with Gasteiger partial charge in [0, 0.05) is 25.9 Å². The number of carbonyl (C=O) groups excluding carboxylic acids is 1. The zero-order valence-electron chi connectivity index (χ0n) is 18.4. The third-order valence-corrected chi connectivity index (χ3v) is 6.25. The Bertz CT molecular complexity index is 553. The highest BCUT2D eigenvalue weighted by Gasteiger charge is 2.46. The number of carbonyl (C=O) groups is 1. The van der Waals surface area contributed by atoms with Crippen molar-refractivity contribution in [2.24, 2.45) is 17.6 Å². The van der Waals surface area contributed by atoms with Gasteiger partial charge in [-0.1, -0.05) is 6.92 Å². The van der Waals surface area contributed by atoms with E-state index in [1.807, 2.05) is 6.92 Å². The lowest BCUT2D eigenvalue weighted by Crippen LogP contribution is -2.63. The lowest BCUT2D eigenvalue weighted by molar-refractivity contribution is -0.202. The van der Waals surface area contributed by atoms with Crippen LogP contribution in [0.3, 0.4) is 0 Å². The molecule has 2 aliphatic rings. The van der Waals surface area contributed by atoms with Crippen LogP contribution < -0.4 is 11.1 Å². The summed E-state index contributed by atoms with van der Waals surface area (Å²) < 4.78 is 22.5. The molecule has 182 valence electrons. The quantitative estimate of drug-likeness (QED) is 0.207. The predicted molar refractivity (Wildman–Crippen MR) is 109 cm³/mol. The molecule has 0 aromatic rings. The van der Waals surface area contributed by atoms with Crippen LogP contribution in [-0.2, 0) is 23.7 Å². The number of methoxy groups -OCH3 is 1. The second-order valence-electron chi connectivity index (χ2n) is 8.30. The first-order valence-corrected chi connectivity index (χ1v) is 10.8. The predicted octanol–water partition coefficient (Wildman–Crippen LogP) is -2.63. The van der Waals surface area contributed by atoms with E-state index >= 15 is 0 Å². The maximum atomic E-state index is 11.6. The zero-order chi connectivity index (χ0) is 23.1. The summed E-state index contributed by atoms with van der Waals surface area (Å²) in [7, 11) is 1.50. The third-order valence-electron chi connectivity index (χ3n) is 6.25. The van der Waals surface area contributed by atoms with Crippen molar-refractivity contribution in [3.63, 3.8) is 0 Å². The van der Waals surface area contributed by atoms with Gasteiger partial charge in [0.15, 0.2) is 0 Å². The first-order valence-electron chi connectivity index (χ1n) is 10.8. The van der Waals surface area contributed by atoms with E-state index in [0.29, 0.717) is 6.42 Å². The van der Waals surface area contributed by atoms with E-state index in [0.717, 1.165) is 0 Å². The number of aliphatic hydroxyl groups excluding tert-OH is 4. The maximum absolute atomic E-state index is 11.6. The highest BCUT2D eigenvalue weighted by atomic mass is 16.6. The van der Waals surface area contributed by atoms with Crippen molar-refractivity contribution in [1.82, 2.24) is 5.32 Å². The average Bonchev–Trinajstić information content (AvgIpc) is 2.74. The van der Waals surface area contributed by atoms with Gasteiger partial charge in [-0.25, -0.2) is 0 Å². The Hall–Kier alpha value is -0.890. The molecular weight excluding hydrogens is 412 g/mol. The van der Waals surface area contributed by atoms with Gasteiger partial charge in [0.1, 0.15) is 6.10 Å². The van der Waals surface area contributed by atoms with Crippen LogP contribution in [0.2, 0.25) is 0 Å². The lowest BCUT2D eigenvalue weighted by atomic mass is 9.83. The van der Waals surface area contributed by atoms with Crippen molar-refractivity contribution >= 4 is 5.91 Å². The van der Waals surface area contributed by atoms with E-state index in [1.165, 1.54) is 14.0 Å². The molecule has 10 unspecified atom stereocenters. The van der Waals surface area contributed by atoms with Crippen molar-refractivity contribution in [2.75, 3.05) is 40.1 Å².